The molecule has 0 atom stereocenters. The van der Waals surface area contributed by atoms with Crippen LogP contribution in [-0.4, -0.2) is 0 Å². The molecule has 0 bridgehead atoms. The van der Waals surface area contributed by atoms with E-state index in [1.54, 1.807) is 6.08 Å². The Labute approximate surface area is 55.8 Å². The van der Waals surface area contributed by atoms with Crippen molar-refractivity contribution in [2.45, 2.75) is 38.5 Å². The van der Waals surface area contributed by atoms with Crippen molar-refractivity contribution in [3.05, 3.63) is 11.9 Å². The van der Waals surface area contributed by atoms with Gasteiger partial charge in [0.2, 0.25) is 0 Å². The summed E-state index contributed by atoms with van der Waals surface area (Å²) in [5.41, 5.74) is 0. The fourth-order valence-corrected chi connectivity index (χ4v) is 1.15. The van der Waals surface area contributed by atoms with Crippen LogP contribution in [0.2, 0.25) is 0 Å². The van der Waals surface area contributed by atoms with Crippen LogP contribution >= 0.6 is 0 Å². The zero-order chi connectivity index (χ0) is 6.53. The van der Waals surface area contributed by atoms with Crippen molar-refractivity contribution in [3.8, 4) is 0 Å². The molecule has 0 N–H and O–H groups in total. The first-order valence-electron chi connectivity index (χ1n) is 3.74. The fourth-order valence-electron chi connectivity index (χ4n) is 1.15. The highest BCUT2D eigenvalue weighted by molar-refractivity contribution is 4.92. The number of rotatable bonds is 0. The minimum atomic E-state index is 0.106. The normalized spacial score (nSPS) is 27.9. The average Bonchev–Trinajstić information content (AvgIpc) is 1.79. The molecule has 1 aliphatic carbocycles. The van der Waals surface area contributed by atoms with E-state index in [0.29, 0.717) is 6.42 Å². The maximum atomic E-state index is 12.5. The van der Waals surface area contributed by atoms with Gasteiger partial charge in [-0.3, -0.25) is 0 Å². The second kappa shape index (κ2) is 3.65. The molecule has 0 heterocycles. The SMILES string of the molecule is F/C1=C/CCCCCC1. The Bertz CT molecular complexity index is 105. The highest BCUT2D eigenvalue weighted by atomic mass is 19.1. The van der Waals surface area contributed by atoms with E-state index in [9.17, 15) is 4.39 Å². The van der Waals surface area contributed by atoms with E-state index in [-0.39, 0.29) is 5.83 Å². The zero-order valence-electron chi connectivity index (χ0n) is 5.70. The number of hydrogen-bond donors (Lipinski definition) is 0. The number of halogens is 1. The molecule has 0 aromatic rings. The molecule has 0 aliphatic heterocycles. The summed E-state index contributed by atoms with van der Waals surface area (Å²) in [7, 11) is 0. The number of hydrogen-bond acceptors (Lipinski definition) is 0. The average molecular weight is 128 g/mol. The van der Waals surface area contributed by atoms with E-state index in [2.05, 4.69) is 0 Å². The molecular formula is C8H13F. The maximum Gasteiger partial charge on any atom is 0.0959 e. The first-order valence-corrected chi connectivity index (χ1v) is 3.74. The van der Waals surface area contributed by atoms with Crippen LogP contribution in [0.1, 0.15) is 38.5 Å². The Morgan fingerprint density at radius 3 is 2.78 bits per heavy atom. The Kier molecular flexibility index (Phi) is 2.75. The predicted molar refractivity (Wildman–Crippen MR) is 36.9 cm³/mol. The van der Waals surface area contributed by atoms with Crippen LogP contribution in [0.4, 0.5) is 4.39 Å². The number of allylic oxidation sites excluding steroid dienone is 2. The van der Waals surface area contributed by atoms with Crippen LogP contribution in [0, 0.1) is 0 Å². The second-order valence-corrected chi connectivity index (χ2v) is 2.60. The largest absolute Gasteiger partial charge is 0.212 e. The molecule has 0 radical (unpaired) electrons. The standard InChI is InChI=1S/C8H13F/c9-8-6-4-2-1-3-5-7-8/h6H,1-5,7H2/b8-6+. The van der Waals surface area contributed by atoms with Crippen molar-refractivity contribution < 1.29 is 4.39 Å². The minimum Gasteiger partial charge on any atom is -0.212 e. The van der Waals surface area contributed by atoms with Crippen molar-refractivity contribution in [1.29, 1.82) is 0 Å². The summed E-state index contributed by atoms with van der Waals surface area (Å²) in [4.78, 5) is 0. The first kappa shape index (κ1) is 6.79. The van der Waals surface area contributed by atoms with E-state index in [0.717, 1.165) is 12.8 Å². The Balaban J connectivity index is 2.32. The lowest BCUT2D eigenvalue weighted by molar-refractivity contribution is 0.526. The zero-order valence-corrected chi connectivity index (χ0v) is 5.70. The monoisotopic (exact) mass is 128 g/mol. The molecule has 52 valence electrons. The highest BCUT2D eigenvalue weighted by Crippen LogP contribution is 2.16. The maximum absolute atomic E-state index is 12.5. The second-order valence-electron chi connectivity index (χ2n) is 2.60. The third-order valence-corrected chi connectivity index (χ3v) is 1.74. The van der Waals surface area contributed by atoms with Gasteiger partial charge < -0.3 is 0 Å². The summed E-state index contributed by atoms with van der Waals surface area (Å²) in [5.74, 6) is 0.106. The molecule has 0 aromatic heterocycles. The molecule has 0 saturated heterocycles. The van der Waals surface area contributed by atoms with Gasteiger partial charge in [0.25, 0.3) is 0 Å². The predicted octanol–water partition coefficient (Wildman–Crippen LogP) is 3.19. The highest BCUT2D eigenvalue weighted by Gasteiger charge is 1.98. The first-order chi connectivity index (χ1) is 4.39. The molecule has 0 aromatic carbocycles. The van der Waals surface area contributed by atoms with Crippen LogP contribution in [0.25, 0.3) is 0 Å². The summed E-state index contributed by atoms with van der Waals surface area (Å²) in [5, 5.41) is 0. The van der Waals surface area contributed by atoms with Crippen LogP contribution in [0.15, 0.2) is 11.9 Å². The van der Waals surface area contributed by atoms with Gasteiger partial charge in [0, 0.05) is 0 Å². The molecule has 1 rings (SSSR count). The van der Waals surface area contributed by atoms with E-state index < -0.39 is 0 Å². The molecule has 1 aliphatic rings. The van der Waals surface area contributed by atoms with Gasteiger partial charge in [-0.1, -0.05) is 18.9 Å². The van der Waals surface area contributed by atoms with Gasteiger partial charge in [0.1, 0.15) is 0 Å². The molecule has 0 saturated carbocycles. The molecule has 0 fully saturated rings. The van der Waals surface area contributed by atoms with Crippen molar-refractivity contribution in [3.63, 3.8) is 0 Å². The molecule has 1 heteroatoms. The van der Waals surface area contributed by atoms with Crippen molar-refractivity contribution >= 4 is 0 Å². The lowest BCUT2D eigenvalue weighted by Gasteiger charge is -2.03. The van der Waals surface area contributed by atoms with E-state index in [1.165, 1.54) is 19.3 Å². The van der Waals surface area contributed by atoms with Crippen LogP contribution in [0.5, 0.6) is 0 Å². The lowest BCUT2D eigenvalue weighted by Crippen LogP contribution is -1.84. The fraction of sp³-hybridized carbons (Fsp3) is 0.750. The van der Waals surface area contributed by atoms with Crippen molar-refractivity contribution in [2.75, 3.05) is 0 Å². The molecule has 0 amide bonds. The molecular weight excluding hydrogens is 115 g/mol. The van der Waals surface area contributed by atoms with Crippen LogP contribution in [0.3, 0.4) is 0 Å². The van der Waals surface area contributed by atoms with Crippen LogP contribution < -0.4 is 0 Å². The van der Waals surface area contributed by atoms with Gasteiger partial charge in [0.05, 0.1) is 5.83 Å². The van der Waals surface area contributed by atoms with E-state index >= 15 is 0 Å². The molecule has 9 heavy (non-hydrogen) atoms. The van der Waals surface area contributed by atoms with E-state index in [1.807, 2.05) is 0 Å². The van der Waals surface area contributed by atoms with Gasteiger partial charge in [-0.25, -0.2) is 4.39 Å². The summed E-state index contributed by atoms with van der Waals surface area (Å²) in [6, 6.07) is 0. The topological polar surface area (TPSA) is 0 Å². The van der Waals surface area contributed by atoms with Gasteiger partial charge in [-0.05, 0) is 25.7 Å². The lowest BCUT2D eigenvalue weighted by atomic mass is 10.1. The summed E-state index contributed by atoms with van der Waals surface area (Å²) in [6.07, 6.45) is 8.08. The Hall–Kier alpha value is -0.330. The van der Waals surface area contributed by atoms with Gasteiger partial charge in [0.15, 0.2) is 0 Å². The minimum absolute atomic E-state index is 0.106. The molecule has 0 unspecified atom stereocenters. The Morgan fingerprint density at radius 1 is 1.11 bits per heavy atom. The van der Waals surface area contributed by atoms with Crippen molar-refractivity contribution in [1.82, 2.24) is 0 Å². The summed E-state index contributed by atoms with van der Waals surface area (Å²) < 4.78 is 12.5. The summed E-state index contributed by atoms with van der Waals surface area (Å²) >= 11 is 0. The van der Waals surface area contributed by atoms with E-state index in [4.69, 9.17) is 0 Å². The molecule has 0 nitrogen and oxygen atoms in total. The third kappa shape index (κ3) is 2.64. The van der Waals surface area contributed by atoms with Crippen molar-refractivity contribution in [2.24, 2.45) is 0 Å². The van der Waals surface area contributed by atoms with Gasteiger partial charge in [-0.2, -0.15) is 0 Å². The summed E-state index contributed by atoms with van der Waals surface area (Å²) in [6.45, 7) is 0. The van der Waals surface area contributed by atoms with Gasteiger partial charge in [-0.15, -0.1) is 0 Å². The smallest absolute Gasteiger partial charge is 0.0959 e. The molecule has 0 spiro atoms. The van der Waals surface area contributed by atoms with Gasteiger partial charge >= 0.3 is 0 Å². The van der Waals surface area contributed by atoms with Crippen LogP contribution in [-0.2, 0) is 0 Å². The quantitative estimate of drug-likeness (QED) is 0.470. The Morgan fingerprint density at radius 2 is 1.89 bits per heavy atom. The third-order valence-electron chi connectivity index (χ3n) is 1.74.